The molecule has 0 aromatic carbocycles. The fourth-order valence-electron chi connectivity index (χ4n) is 1.30. The van der Waals surface area contributed by atoms with Crippen LogP contribution in [0, 0.1) is 5.82 Å². The van der Waals surface area contributed by atoms with Crippen molar-refractivity contribution in [2.45, 2.75) is 37.8 Å². The van der Waals surface area contributed by atoms with Gasteiger partial charge in [-0.2, -0.15) is 0 Å². The average Bonchev–Trinajstić information content (AvgIpc) is 2.26. The molecule has 1 N–H and O–H groups in total. The molecule has 1 aromatic heterocycles. The van der Waals surface area contributed by atoms with Crippen LogP contribution in [-0.2, 0) is 10.0 Å². The van der Waals surface area contributed by atoms with Crippen molar-refractivity contribution in [1.29, 1.82) is 0 Å². The second-order valence-electron chi connectivity index (χ2n) is 3.43. The molecule has 0 fully saturated rings. The van der Waals surface area contributed by atoms with Crippen molar-refractivity contribution in [2.75, 3.05) is 0 Å². The lowest BCUT2D eigenvalue weighted by Gasteiger charge is -2.14. The number of nitrogens with zero attached hydrogens (tertiary/aromatic N) is 1. The monoisotopic (exact) mass is 246 g/mol. The van der Waals surface area contributed by atoms with Crippen molar-refractivity contribution in [3.05, 3.63) is 24.1 Å². The van der Waals surface area contributed by atoms with Crippen LogP contribution in [-0.4, -0.2) is 19.4 Å². The van der Waals surface area contributed by atoms with Crippen LogP contribution in [0.1, 0.15) is 26.7 Å². The number of hydrogen-bond acceptors (Lipinski definition) is 3. The molecule has 4 nitrogen and oxygen atoms in total. The number of halogens is 1. The maximum Gasteiger partial charge on any atom is 0.261 e. The van der Waals surface area contributed by atoms with E-state index in [-0.39, 0.29) is 6.04 Å². The predicted molar refractivity (Wildman–Crippen MR) is 58.9 cm³/mol. The number of pyridine rings is 1. The highest BCUT2D eigenvalue weighted by Crippen LogP contribution is 2.11. The van der Waals surface area contributed by atoms with E-state index in [9.17, 15) is 12.8 Å². The molecule has 90 valence electrons. The zero-order valence-corrected chi connectivity index (χ0v) is 10.1. The van der Waals surface area contributed by atoms with Crippen molar-refractivity contribution in [1.82, 2.24) is 9.71 Å². The molecule has 0 aliphatic heterocycles. The molecule has 0 spiro atoms. The van der Waals surface area contributed by atoms with E-state index < -0.39 is 20.9 Å². The number of aromatic nitrogens is 1. The van der Waals surface area contributed by atoms with Crippen molar-refractivity contribution in [3.63, 3.8) is 0 Å². The fraction of sp³-hybridized carbons (Fsp3) is 0.500. The summed E-state index contributed by atoms with van der Waals surface area (Å²) >= 11 is 0. The molecule has 1 heterocycles. The Morgan fingerprint density at radius 3 is 2.56 bits per heavy atom. The van der Waals surface area contributed by atoms with E-state index in [1.165, 1.54) is 12.3 Å². The Labute approximate surface area is 95.0 Å². The first-order chi connectivity index (χ1) is 7.51. The van der Waals surface area contributed by atoms with E-state index in [2.05, 4.69) is 9.71 Å². The zero-order chi connectivity index (χ0) is 12.2. The Kier molecular flexibility index (Phi) is 4.37. The van der Waals surface area contributed by atoms with Gasteiger partial charge in [0.05, 0.1) is 0 Å². The normalized spacial score (nSPS) is 12.0. The molecule has 0 unspecified atom stereocenters. The summed E-state index contributed by atoms with van der Waals surface area (Å²) in [5.41, 5.74) is 0. The lowest BCUT2D eigenvalue weighted by Crippen LogP contribution is -2.34. The van der Waals surface area contributed by atoms with Crippen LogP contribution in [0.4, 0.5) is 4.39 Å². The smallest absolute Gasteiger partial charge is 0.241 e. The van der Waals surface area contributed by atoms with Gasteiger partial charge < -0.3 is 0 Å². The summed E-state index contributed by atoms with van der Waals surface area (Å²) in [5, 5.41) is -0.540. The minimum absolute atomic E-state index is 0.189. The molecule has 0 saturated heterocycles. The maximum absolute atomic E-state index is 13.3. The molecule has 1 rings (SSSR count). The second-order valence-corrected chi connectivity index (χ2v) is 5.05. The summed E-state index contributed by atoms with van der Waals surface area (Å²) in [6.07, 6.45) is 2.57. The van der Waals surface area contributed by atoms with Crippen LogP contribution in [0.15, 0.2) is 23.4 Å². The summed E-state index contributed by atoms with van der Waals surface area (Å²) in [6.45, 7) is 3.73. The Balaban J connectivity index is 2.99. The summed E-state index contributed by atoms with van der Waals surface area (Å²) < 4.78 is 39.2. The summed E-state index contributed by atoms with van der Waals surface area (Å²) in [4.78, 5) is 3.55. The van der Waals surface area contributed by atoms with Crippen LogP contribution in [0.3, 0.4) is 0 Å². The van der Waals surface area contributed by atoms with Gasteiger partial charge in [-0.05, 0) is 25.0 Å². The van der Waals surface area contributed by atoms with Crippen molar-refractivity contribution in [3.8, 4) is 0 Å². The lowest BCUT2D eigenvalue weighted by atomic mass is 10.2. The highest BCUT2D eigenvalue weighted by atomic mass is 32.2. The van der Waals surface area contributed by atoms with E-state index in [1.54, 1.807) is 0 Å². The SMILES string of the molecule is CCC(CC)NS(=O)(=O)c1ncccc1F. The number of nitrogens with one attached hydrogen (secondary N) is 1. The van der Waals surface area contributed by atoms with Crippen LogP contribution in [0.2, 0.25) is 0 Å². The number of hydrogen-bond donors (Lipinski definition) is 1. The molecular weight excluding hydrogens is 231 g/mol. The topological polar surface area (TPSA) is 59.1 Å². The standard InChI is InChI=1S/C10H15FN2O2S/c1-3-8(4-2)13-16(14,15)10-9(11)6-5-7-12-10/h5-8,13H,3-4H2,1-2H3. The van der Waals surface area contributed by atoms with Crippen LogP contribution in [0.25, 0.3) is 0 Å². The van der Waals surface area contributed by atoms with E-state index in [4.69, 9.17) is 0 Å². The van der Waals surface area contributed by atoms with Gasteiger partial charge in [0.25, 0.3) is 10.0 Å². The third kappa shape index (κ3) is 2.99. The summed E-state index contributed by atoms with van der Waals surface area (Å²) in [5.74, 6) is -0.832. The van der Waals surface area contributed by atoms with E-state index in [0.29, 0.717) is 12.8 Å². The molecule has 0 radical (unpaired) electrons. The highest BCUT2D eigenvalue weighted by molar-refractivity contribution is 7.89. The minimum atomic E-state index is -3.85. The quantitative estimate of drug-likeness (QED) is 0.860. The molecule has 0 bridgehead atoms. The molecule has 1 aromatic rings. The lowest BCUT2D eigenvalue weighted by molar-refractivity contribution is 0.513. The van der Waals surface area contributed by atoms with Crippen LogP contribution < -0.4 is 4.72 Å². The Morgan fingerprint density at radius 1 is 1.44 bits per heavy atom. The molecule has 0 aliphatic rings. The van der Waals surface area contributed by atoms with Crippen molar-refractivity contribution in [2.24, 2.45) is 0 Å². The zero-order valence-electron chi connectivity index (χ0n) is 9.27. The third-order valence-electron chi connectivity index (χ3n) is 2.29. The number of sulfonamides is 1. The first-order valence-corrected chi connectivity index (χ1v) is 6.62. The maximum atomic E-state index is 13.3. The third-order valence-corrected chi connectivity index (χ3v) is 3.74. The van der Waals surface area contributed by atoms with Gasteiger partial charge in [0.15, 0.2) is 5.82 Å². The molecule has 0 saturated carbocycles. The summed E-state index contributed by atoms with van der Waals surface area (Å²) in [6, 6.07) is 2.24. The molecule has 16 heavy (non-hydrogen) atoms. The summed E-state index contributed by atoms with van der Waals surface area (Å²) in [7, 11) is -3.85. The van der Waals surface area contributed by atoms with Gasteiger partial charge in [-0.15, -0.1) is 0 Å². The van der Waals surface area contributed by atoms with E-state index in [0.717, 1.165) is 6.07 Å². The van der Waals surface area contributed by atoms with Gasteiger partial charge >= 0.3 is 0 Å². The minimum Gasteiger partial charge on any atom is -0.241 e. The van der Waals surface area contributed by atoms with Crippen molar-refractivity contribution < 1.29 is 12.8 Å². The Morgan fingerprint density at radius 2 is 2.06 bits per heavy atom. The molecule has 0 aliphatic carbocycles. The van der Waals surface area contributed by atoms with Crippen molar-refractivity contribution >= 4 is 10.0 Å². The Hall–Kier alpha value is -1.01. The van der Waals surface area contributed by atoms with E-state index >= 15 is 0 Å². The molecule has 0 amide bonds. The average molecular weight is 246 g/mol. The predicted octanol–water partition coefficient (Wildman–Crippen LogP) is 1.69. The molecule has 6 heteroatoms. The van der Waals surface area contributed by atoms with Gasteiger partial charge in [-0.25, -0.2) is 22.5 Å². The first kappa shape index (κ1) is 13.1. The van der Waals surface area contributed by atoms with Gasteiger partial charge in [-0.3, -0.25) is 0 Å². The second kappa shape index (κ2) is 5.36. The Bertz CT molecular complexity index is 444. The molecular formula is C10H15FN2O2S. The van der Waals surface area contributed by atoms with Gasteiger partial charge in [0, 0.05) is 12.2 Å². The molecule has 0 atom stereocenters. The van der Waals surface area contributed by atoms with Gasteiger partial charge in [0.1, 0.15) is 0 Å². The first-order valence-electron chi connectivity index (χ1n) is 5.14. The van der Waals surface area contributed by atoms with E-state index in [1.807, 2.05) is 13.8 Å². The fourth-order valence-corrected chi connectivity index (χ4v) is 2.71. The van der Waals surface area contributed by atoms with Crippen LogP contribution in [0.5, 0.6) is 0 Å². The van der Waals surface area contributed by atoms with Gasteiger partial charge in [0.2, 0.25) is 5.03 Å². The highest BCUT2D eigenvalue weighted by Gasteiger charge is 2.22. The largest absolute Gasteiger partial charge is 0.261 e. The number of rotatable bonds is 5. The van der Waals surface area contributed by atoms with Crippen LogP contribution >= 0.6 is 0 Å². The van der Waals surface area contributed by atoms with Gasteiger partial charge in [-0.1, -0.05) is 13.8 Å².